The molecule has 0 aliphatic carbocycles. The molecule has 0 radical (unpaired) electrons. The van der Waals surface area contributed by atoms with Crippen LogP contribution in [-0.4, -0.2) is 33.3 Å². The van der Waals surface area contributed by atoms with Crippen LogP contribution < -0.4 is 4.90 Å². The van der Waals surface area contributed by atoms with Gasteiger partial charge >= 0.3 is 5.97 Å². The van der Waals surface area contributed by atoms with Crippen LogP contribution in [0.1, 0.15) is 12.0 Å². The number of rotatable bonds is 4. The highest BCUT2D eigenvalue weighted by molar-refractivity contribution is 5.83. The standard InChI is InChI=1S/C16H19NO3/c1-17(2)13-7-4-12(5-8-13)6-9-14-10-15(19-3)11-16(18)20-14/h4-9,11,14H,10H2,1-3H3/b9-6+. The average molecular weight is 273 g/mol. The van der Waals surface area contributed by atoms with E-state index < -0.39 is 0 Å². The highest BCUT2D eigenvalue weighted by Crippen LogP contribution is 2.19. The number of benzene rings is 1. The smallest absolute Gasteiger partial charge is 0.334 e. The third-order valence-corrected chi connectivity index (χ3v) is 3.12. The van der Waals surface area contributed by atoms with Crippen LogP contribution in [0.4, 0.5) is 5.69 Å². The minimum absolute atomic E-state index is 0.268. The summed E-state index contributed by atoms with van der Waals surface area (Å²) in [6, 6.07) is 8.16. The molecule has 20 heavy (non-hydrogen) atoms. The predicted molar refractivity (Wildman–Crippen MR) is 79.4 cm³/mol. The van der Waals surface area contributed by atoms with E-state index in [-0.39, 0.29) is 12.1 Å². The van der Waals surface area contributed by atoms with Crippen molar-refractivity contribution in [3.05, 3.63) is 47.7 Å². The first kappa shape index (κ1) is 14.2. The molecule has 0 saturated carbocycles. The van der Waals surface area contributed by atoms with E-state index in [4.69, 9.17) is 9.47 Å². The van der Waals surface area contributed by atoms with E-state index >= 15 is 0 Å². The first-order chi connectivity index (χ1) is 9.58. The number of carbonyl (C=O) groups is 1. The van der Waals surface area contributed by atoms with Gasteiger partial charge in [-0.15, -0.1) is 0 Å². The number of hydrogen-bond donors (Lipinski definition) is 0. The van der Waals surface area contributed by atoms with E-state index in [2.05, 4.69) is 0 Å². The van der Waals surface area contributed by atoms with Crippen LogP contribution in [0.15, 0.2) is 42.2 Å². The minimum Gasteiger partial charge on any atom is -0.501 e. The maximum atomic E-state index is 11.4. The van der Waals surface area contributed by atoms with Crippen molar-refractivity contribution in [3.63, 3.8) is 0 Å². The number of esters is 1. The molecule has 2 rings (SSSR count). The van der Waals surface area contributed by atoms with Crippen LogP contribution in [0.3, 0.4) is 0 Å². The molecule has 1 atom stereocenters. The Labute approximate surface area is 119 Å². The van der Waals surface area contributed by atoms with Crippen molar-refractivity contribution in [2.24, 2.45) is 0 Å². The van der Waals surface area contributed by atoms with Gasteiger partial charge in [-0.05, 0) is 23.8 Å². The highest BCUT2D eigenvalue weighted by Gasteiger charge is 2.19. The number of anilines is 1. The van der Waals surface area contributed by atoms with Crippen LogP contribution >= 0.6 is 0 Å². The van der Waals surface area contributed by atoms with Crippen molar-refractivity contribution in [2.45, 2.75) is 12.5 Å². The Hall–Kier alpha value is -2.23. The van der Waals surface area contributed by atoms with Gasteiger partial charge in [0.1, 0.15) is 11.9 Å². The number of methoxy groups -OCH3 is 1. The van der Waals surface area contributed by atoms with E-state index in [0.717, 1.165) is 11.3 Å². The molecule has 0 spiro atoms. The molecule has 1 heterocycles. The second kappa shape index (κ2) is 6.28. The Kier molecular flexibility index (Phi) is 4.45. The molecule has 1 aliphatic rings. The molecule has 4 nitrogen and oxygen atoms in total. The first-order valence-electron chi connectivity index (χ1n) is 6.49. The molecule has 0 N–H and O–H groups in total. The summed E-state index contributed by atoms with van der Waals surface area (Å²) < 4.78 is 10.3. The summed E-state index contributed by atoms with van der Waals surface area (Å²) in [5.41, 5.74) is 2.22. The van der Waals surface area contributed by atoms with Crippen LogP contribution in [0, 0.1) is 0 Å². The van der Waals surface area contributed by atoms with Crippen molar-refractivity contribution in [2.75, 3.05) is 26.1 Å². The van der Waals surface area contributed by atoms with Gasteiger partial charge < -0.3 is 14.4 Å². The molecule has 0 fully saturated rings. The van der Waals surface area contributed by atoms with Gasteiger partial charge in [-0.1, -0.05) is 18.2 Å². The van der Waals surface area contributed by atoms with E-state index in [1.807, 2.05) is 55.4 Å². The lowest BCUT2D eigenvalue weighted by molar-refractivity contribution is -0.142. The van der Waals surface area contributed by atoms with Crippen molar-refractivity contribution >= 4 is 17.7 Å². The van der Waals surface area contributed by atoms with Gasteiger partial charge in [-0.2, -0.15) is 0 Å². The van der Waals surface area contributed by atoms with Gasteiger partial charge in [-0.25, -0.2) is 4.79 Å². The third kappa shape index (κ3) is 3.63. The van der Waals surface area contributed by atoms with Crippen LogP contribution in [0.2, 0.25) is 0 Å². The van der Waals surface area contributed by atoms with Crippen molar-refractivity contribution in [3.8, 4) is 0 Å². The molecule has 106 valence electrons. The Bertz CT molecular complexity index is 529. The molecule has 4 heteroatoms. The summed E-state index contributed by atoms with van der Waals surface area (Å²) in [5.74, 6) is 0.296. The van der Waals surface area contributed by atoms with Gasteiger partial charge in [-0.3, -0.25) is 0 Å². The van der Waals surface area contributed by atoms with Gasteiger partial charge in [0.15, 0.2) is 0 Å². The quantitative estimate of drug-likeness (QED) is 0.790. The lowest BCUT2D eigenvalue weighted by Crippen LogP contribution is -2.21. The summed E-state index contributed by atoms with van der Waals surface area (Å²) in [5, 5.41) is 0. The highest BCUT2D eigenvalue weighted by atomic mass is 16.5. The number of cyclic esters (lactones) is 1. The molecule has 0 amide bonds. The van der Waals surface area contributed by atoms with Crippen molar-refractivity contribution in [1.82, 2.24) is 0 Å². The summed E-state index contributed by atoms with van der Waals surface area (Å²) in [6.07, 6.45) is 5.53. The molecule has 0 aromatic heterocycles. The Morgan fingerprint density at radius 3 is 2.60 bits per heavy atom. The number of hydrogen-bond acceptors (Lipinski definition) is 4. The van der Waals surface area contributed by atoms with Crippen LogP contribution in [-0.2, 0) is 14.3 Å². The molecular formula is C16H19NO3. The summed E-state index contributed by atoms with van der Waals surface area (Å²) in [4.78, 5) is 13.4. The van der Waals surface area contributed by atoms with Gasteiger partial charge in [0.05, 0.1) is 13.2 Å². The van der Waals surface area contributed by atoms with E-state index in [0.29, 0.717) is 12.2 Å². The minimum atomic E-state index is -0.356. The zero-order valence-electron chi connectivity index (χ0n) is 12.0. The molecular weight excluding hydrogens is 254 g/mol. The molecule has 0 bridgehead atoms. The molecule has 1 aliphatic heterocycles. The van der Waals surface area contributed by atoms with Crippen LogP contribution in [0.25, 0.3) is 6.08 Å². The molecule has 1 aromatic rings. The fraction of sp³-hybridized carbons (Fsp3) is 0.312. The van der Waals surface area contributed by atoms with E-state index in [1.165, 1.54) is 6.08 Å². The first-order valence-corrected chi connectivity index (χ1v) is 6.49. The third-order valence-electron chi connectivity index (χ3n) is 3.12. The van der Waals surface area contributed by atoms with Crippen molar-refractivity contribution in [1.29, 1.82) is 0 Å². The lowest BCUT2D eigenvalue weighted by Gasteiger charge is -2.19. The summed E-state index contributed by atoms with van der Waals surface area (Å²) in [6.45, 7) is 0. The zero-order valence-corrected chi connectivity index (χ0v) is 12.0. The lowest BCUT2D eigenvalue weighted by atomic mass is 10.1. The van der Waals surface area contributed by atoms with Crippen molar-refractivity contribution < 1.29 is 14.3 Å². The Balaban J connectivity index is 2.02. The second-order valence-electron chi connectivity index (χ2n) is 4.84. The van der Waals surface area contributed by atoms with E-state index in [9.17, 15) is 4.79 Å². The maximum Gasteiger partial charge on any atom is 0.334 e. The van der Waals surface area contributed by atoms with E-state index in [1.54, 1.807) is 7.11 Å². The summed E-state index contributed by atoms with van der Waals surface area (Å²) >= 11 is 0. The zero-order chi connectivity index (χ0) is 14.5. The Morgan fingerprint density at radius 1 is 1.30 bits per heavy atom. The maximum absolute atomic E-state index is 11.4. The molecule has 0 saturated heterocycles. The predicted octanol–water partition coefficient (Wildman–Crippen LogP) is 2.61. The largest absolute Gasteiger partial charge is 0.501 e. The number of nitrogens with zero attached hydrogens (tertiary/aromatic N) is 1. The molecule has 1 unspecified atom stereocenters. The van der Waals surface area contributed by atoms with Gasteiger partial charge in [0, 0.05) is 26.2 Å². The molecule has 1 aromatic carbocycles. The monoisotopic (exact) mass is 273 g/mol. The fourth-order valence-corrected chi connectivity index (χ4v) is 1.97. The van der Waals surface area contributed by atoms with Gasteiger partial charge in [0.2, 0.25) is 0 Å². The van der Waals surface area contributed by atoms with Crippen LogP contribution in [0.5, 0.6) is 0 Å². The SMILES string of the molecule is COC1=CC(=O)OC(/C=C/c2ccc(N(C)C)cc2)C1. The van der Waals surface area contributed by atoms with Gasteiger partial charge in [0.25, 0.3) is 0 Å². The normalized spacial score (nSPS) is 18.6. The topological polar surface area (TPSA) is 38.8 Å². The summed E-state index contributed by atoms with van der Waals surface area (Å²) in [7, 11) is 5.57. The fourth-order valence-electron chi connectivity index (χ4n) is 1.97. The number of carbonyl (C=O) groups excluding carboxylic acids is 1. The average Bonchev–Trinajstić information content (AvgIpc) is 2.45. The second-order valence-corrected chi connectivity index (χ2v) is 4.84. The number of ether oxygens (including phenoxy) is 2. The Morgan fingerprint density at radius 2 is 2.00 bits per heavy atom.